The number of nitrogens with zero attached hydrogens (tertiary/aromatic N) is 3. The van der Waals surface area contributed by atoms with E-state index < -0.39 is 17.2 Å². The number of nitrogens with one attached hydrogen (secondary N) is 1. The van der Waals surface area contributed by atoms with Gasteiger partial charge < -0.3 is 9.47 Å². The lowest BCUT2D eigenvalue weighted by Crippen LogP contribution is -2.57. The van der Waals surface area contributed by atoms with Gasteiger partial charge in [-0.3, -0.25) is 5.41 Å². The van der Waals surface area contributed by atoms with Gasteiger partial charge in [-0.25, -0.2) is 13.8 Å². The lowest BCUT2D eigenvalue weighted by molar-refractivity contribution is 0.0674. The van der Waals surface area contributed by atoms with Gasteiger partial charge in [0.25, 0.3) is 0 Å². The maximum absolute atomic E-state index is 14.2. The maximum atomic E-state index is 14.2. The molecular weight excluding hydrogens is 442 g/mol. The van der Waals surface area contributed by atoms with E-state index in [1.807, 2.05) is 19.4 Å². The Kier molecular flexibility index (Phi) is 6.07. The van der Waals surface area contributed by atoms with Crippen LogP contribution in [-0.4, -0.2) is 26.3 Å². The molecule has 35 heavy (non-hydrogen) atoms. The molecule has 182 valence electrons. The van der Waals surface area contributed by atoms with E-state index in [0.717, 1.165) is 66.6 Å². The Hall–Kier alpha value is -3.28. The van der Waals surface area contributed by atoms with E-state index in [9.17, 15) is 14.2 Å². The summed E-state index contributed by atoms with van der Waals surface area (Å²) in [6.45, 7) is 6.20. The first kappa shape index (κ1) is 23.5. The lowest BCUT2D eigenvalue weighted by Gasteiger charge is -2.54. The largest absolute Gasteiger partial charge is 0.344 e. The number of rotatable bonds is 4. The monoisotopic (exact) mass is 474 g/mol. The third-order valence-electron chi connectivity index (χ3n) is 7.75. The third kappa shape index (κ3) is 4.19. The van der Waals surface area contributed by atoms with E-state index >= 15 is 0 Å². The van der Waals surface area contributed by atoms with Crippen molar-refractivity contribution in [2.24, 2.45) is 0 Å². The molecular formula is C29H32F2N4. The number of aryl methyl sites for hydroxylation is 2. The fraction of sp³-hybridized carbons (Fsp3) is 0.379. The van der Waals surface area contributed by atoms with Gasteiger partial charge in [0.1, 0.15) is 5.84 Å². The fourth-order valence-electron chi connectivity index (χ4n) is 5.87. The summed E-state index contributed by atoms with van der Waals surface area (Å²) in [5, 5.41) is 9.18. The number of imidazole rings is 1. The molecule has 6 heteroatoms. The predicted molar refractivity (Wildman–Crippen MR) is 136 cm³/mol. The molecule has 1 N–H and O–H groups in total. The number of aromatic nitrogens is 2. The zero-order valence-corrected chi connectivity index (χ0v) is 20.6. The Morgan fingerprint density at radius 1 is 1.14 bits per heavy atom. The zero-order chi connectivity index (χ0) is 24.7. The van der Waals surface area contributed by atoms with E-state index in [2.05, 4.69) is 52.6 Å². The van der Waals surface area contributed by atoms with Gasteiger partial charge in [0.15, 0.2) is 11.6 Å². The molecule has 3 aromatic rings. The van der Waals surface area contributed by atoms with Crippen LogP contribution >= 0.6 is 0 Å². The van der Waals surface area contributed by atoms with Gasteiger partial charge in [-0.15, -0.1) is 0 Å². The molecule has 3 heterocycles. The topological polar surface area (TPSA) is 44.9 Å². The van der Waals surface area contributed by atoms with Crippen LogP contribution in [-0.2, 0) is 12.0 Å². The van der Waals surface area contributed by atoms with E-state index in [-0.39, 0.29) is 6.04 Å². The van der Waals surface area contributed by atoms with Gasteiger partial charge in [0, 0.05) is 17.9 Å². The fourth-order valence-corrected chi connectivity index (χ4v) is 5.87. The summed E-state index contributed by atoms with van der Waals surface area (Å²) in [7, 11) is 0. The summed E-state index contributed by atoms with van der Waals surface area (Å²) in [6.07, 6.45) is 11.5. The number of amidine groups is 1. The lowest BCUT2D eigenvalue weighted by atomic mass is 9.75. The molecule has 2 unspecified atom stereocenters. The SMILES string of the molecule is CCc1cc(/C=C2\CCC3CCCC(C)(c4ccc(F)c(F)c4)N3C2=N)ccc1-n1cnc(C)c1. The Bertz CT molecular complexity index is 1310. The van der Waals surface area contributed by atoms with Crippen LogP contribution in [0.1, 0.15) is 68.3 Å². The van der Waals surface area contributed by atoms with Crippen molar-refractivity contribution in [2.45, 2.75) is 70.9 Å². The number of halogens is 2. The minimum absolute atomic E-state index is 0.240. The van der Waals surface area contributed by atoms with Crippen LogP contribution in [0.2, 0.25) is 0 Å². The Morgan fingerprint density at radius 3 is 2.69 bits per heavy atom. The molecule has 2 aliphatic rings. The first-order chi connectivity index (χ1) is 16.8. The van der Waals surface area contributed by atoms with Gasteiger partial charge in [0.05, 0.1) is 17.6 Å². The summed E-state index contributed by atoms with van der Waals surface area (Å²) in [6, 6.07) is 10.9. The quantitative estimate of drug-likeness (QED) is 0.445. The standard InChI is InChI=1S/C29H32F2N4/c1-4-21-14-20(7-12-27(21)34-17-19(2)33-18-34)15-22-8-10-24-6-5-13-29(3,35(24)28(22)32)23-9-11-25(30)26(31)16-23/h7,9,11-12,14-18,24,32H,4-6,8,10,13H2,1-3H3/b22-15+,32-28?. The van der Waals surface area contributed by atoms with Crippen molar-refractivity contribution in [2.75, 3.05) is 0 Å². The third-order valence-corrected chi connectivity index (χ3v) is 7.75. The molecule has 0 radical (unpaired) electrons. The molecule has 0 saturated carbocycles. The van der Waals surface area contributed by atoms with Crippen molar-refractivity contribution in [3.63, 3.8) is 0 Å². The maximum Gasteiger partial charge on any atom is 0.159 e. The molecule has 0 amide bonds. The minimum atomic E-state index is -0.833. The van der Waals surface area contributed by atoms with Crippen LogP contribution in [0.15, 0.2) is 54.5 Å². The zero-order valence-electron chi connectivity index (χ0n) is 20.6. The Balaban J connectivity index is 1.49. The van der Waals surface area contributed by atoms with Crippen LogP contribution in [0.25, 0.3) is 11.8 Å². The van der Waals surface area contributed by atoms with Crippen LogP contribution in [0.4, 0.5) is 8.78 Å². The van der Waals surface area contributed by atoms with Gasteiger partial charge in [0.2, 0.25) is 0 Å². The van der Waals surface area contributed by atoms with Crippen LogP contribution < -0.4 is 0 Å². The van der Waals surface area contributed by atoms with Gasteiger partial charge >= 0.3 is 0 Å². The van der Waals surface area contributed by atoms with Gasteiger partial charge in [-0.2, -0.15) is 0 Å². The smallest absolute Gasteiger partial charge is 0.159 e. The molecule has 2 aromatic carbocycles. The second-order valence-electron chi connectivity index (χ2n) is 10.0. The number of fused-ring (bicyclic) bond motifs is 1. The summed E-state index contributed by atoms with van der Waals surface area (Å²) in [5.41, 5.74) is 5.59. The van der Waals surface area contributed by atoms with E-state index in [0.29, 0.717) is 5.84 Å². The van der Waals surface area contributed by atoms with Crippen molar-refractivity contribution in [1.29, 1.82) is 5.41 Å². The van der Waals surface area contributed by atoms with Crippen molar-refractivity contribution in [1.82, 2.24) is 14.5 Å². The van der Waals surface area contributed by atoms with Crippen molar-refractivity contribution < 1.29 is 8.78 Å². The molecule has 2 aliphatic heterocycles. The molecule has 0 bridgehead atoms. The number of hydrogen-bond donors (Lipinski definition) is 1. The van der Waals surface area contributed by atoms with E-state index in [4.69, 9.17) is 0 Å². The second-order valence-corrected chi connectivity index (χ2v) is 10.0. The minimum Gasteiger partial charge on any atom is -0.344 e. The molecule has 1 aromatic heterocycles. The molecule has 2 saturated heterocycles. The molecule has 5 rings (SSSR count). The Labute approximate surface area is 205 Å². The van der Waals surface area contributed by atoms with Gasteiger partial charge in [-0.05, 0) is 105 Å². The number of piperidine rings is 2. The molecule has 0 aliphatic carbocycles. The first-order valence-corrected chi connectivity index (χ1v) is 12.5. The average Bonchev–Trinajstić information content (AvgIpc) is 3.28. The van der Waals surface area contributed by atoms with Crippen molar-refractivity contribution >= 4 is 11.9 Å². The highest BCUT2D eigenvalue weighted by atomic mass is 19.2. The molecule has 2 atom stereocenters. The highest BCUT2D eigenvalue weighted by Crippen LogP contribution is 2.45. The highest BCUT2D eigenvalue weighted by molar-refractivity contribution is 6.01. The highest BCUT2D eigenvalue weighted by Gasteiger charge is 2.45. The van der Waals surface area contributed by atoms with Crippen LogP contribution in [0, 0.1) is 24.0 Å². The number of hydrogen-bond acceptors (Lipinski definition) is 2. The van der Waals surface area contributed by atoms with Crippen molar-refractivity contribution in [3.05, 3.63) is 88.5 Å². The molecule has 2 fully saturated rings. The Morgan fingerprint density at radius 2 is 1.97 bits per heavy atom. The van der Waals surface area contributed by atoms with Crippen LogP contribution in [0.3, 0.4) is 0 Å². The summed E-state index contributed by atoms with van der Waals surface area (Å²) < 4.78 is 29.9. The molecule has 0 spiro atoms. The first-order valence-electron chi connectivity index (χ1n) is 12.5. The average molecular weight is 475 g/mol. The van der Waals surface area contributed by atoms with Crippen LogP contribution in [0.5, 0.6) is 0 Å². The van der Waals surface area contributed by atoms with E-state index in [1.165, 1.54) is 17.7 Å². The molecule has 4 nitrogen and oxygen atoms in total. The summed E-state index contributed by atoms with van der Waals surface area (Å²) >= 11 is 0. The van der Waals surface area contributed by atoms with Crippen molar-refractivity contribution in [3.8, 4) is 5.69 Å². The second kappa shape index (κ2) is 9.06. The summed E-state index contributed by atoms with van der Waals surface area (Å²) in [4.78, 5) is 6.52. The normalized spacial score (nSPS) is 23.6. The number of benzene rings is 2. The van der Waals surface area contributed by atoms with E-state index in [1.54, 1.807) is 6.07 Å². The van der Waals surface area contributed by atoms with Gasteiger partial charge in [-0.1, -0.05) is 19.1 Å². The predicted octanol–water partition coefficient (Wildman–Crippen LogP) is 6.95. The summed E-state index contributed by atoms with van der Waals surface area (Å²) in [5.74, 6) is -1.16.